The molecule has 1 atom stereocenters. The molecule has 1 amide bonds. The Balaban J connectivity index is 1.31. The van der Waals surface area contributed by atoms with Crippen molar-refractivity contribution in [1.82, 2.24) is 10.6 Å². The zero-order chi connectivity index (χ0) is 31.7. The molecular weight excluding hydrogens is 631 g/mol. The third-order valence-corrected chi connectivity index (χ3v) is 10.6. The van der Waals surface area contributed by atoms with E-state index >= 15 is 0 Å². The Hall–Kier alpha value is -4.18. The van der Waals surface area contributed by atoms with Crippen LogP contribution in [0, 0.1) is 0 Å². The summed E-state index contributed by atoms with van der Waals surface area (Å²) in [6, 6.07) is 23.6. The monoisotopic (exact) mass is 660 g/mol. The fraction of sp³-hybridized carbons (Fsp3) is 0.206. The molecule has 2 N–H and O–H groups in total. The van der Waals surface area contributed by atoms with E-state index in [4.69, 9.17) is 23.2 Å². The number of nitrogens with one attached hydrogen (secondary N) is 2. The van der Waals surface area contributed by atoms with E-state index in [-0.39, 0.29) is 33.1 Å². The van der Waals surface area contributed by atoms with Gasteiger partial charge < -0.3 is 10.6 Å². The van der Waals surface area contributed by atoms with Crippen LogP contribution < -0.4 is 14.9 Å². The number of rotatable bonds is 9. The van der Waals surface area contributed by atoms with E-state index in [2.05, 4.69) is 15.6 Å². The highest BCUT2D eigenvalue weighted by atomic mass is 35.5. The lowest BCUT2D eigenvalue weighted by Gasteiger charge is -2.39. The molecule has 6 rings (SSSR count). The molecule has 4 aromatic carbocycles. The lowest BCUT2D eigenvalue weighted by molar-refractivity contribution is -0.121. The zero-order valence-corrected chi connectivity index (χ0v) is 26.7. The molecule has 0 saturated heterocycles. The van der Waals surface area contributed by atoms with Gasteiger partial charge in [-0.2, -0.15) is 0 Å². The molecule has 0 aromatic heterocycles. The Bertz CT molecular complexity index is 1940. The number of halogens is 2. The molecule has 1 unspecified atom stereocenters. The molecule has 11 heteroatoms. The van der Waals surface area contributed by atoms with Crippen molar-refractivity contribution in [2.75, 3.05) is 23.9 Å². The van der Waals surface area contributed by atoms with Gasteiger partial charge in [0.15, 0.2) is 5.78 Å². The summed E-state index contributed by atoms with van der Waals surface area (Å²) in [5, 5.41) is 6.54. The van der Waals surface area contributed by atoms with Gasteiger partial charge in [-0.3, -0.25) is 18.9 Å². The van der Waals surface area contributed by atoms with Crippen LogP contribution in [0.25, 0.3) is 11.1 Å². The summed E-state index contributed by atoms with van der Waals surface area (Å²) in [6.07, 6.45) is 0.420. The molecule has 230 valence electrons. The molecule has 0 aliphatic carbocycles. The van der Waals surface area contributed by atoms with Crippen LogP contribution in [0.4, 0.5) is 5.69 Å². The van der Waals surface area contributed by atoms with Crippen molar-refractivity contribution in [3.63, 3.8) is 0 Å². The number of hydrogen-bond acceptors (Lipinski definition) is 6. The molecular formula is C34H30Cl2N4O4S. The third-order valence-electron chi connectivity index (χ3n) is 8.00. The van der Waals surface area contributed by atoms with E-state index in [1.165, 1.54) is 29.4 Å². The maximum atomic E-state index is 14.4. The van der Waals surface area contributed by atoms with E-state index in [1.54, 1.807) is 24.3 Å². The molecule has 2 heterocycles. The van der Waals surface area contributed by atoms with E-state index in [9.17, 15) is 18.0 Å². The Morgan fingerprint density at radius 3 is 2.44 bits per heavy atom. The number of sulfonamides is 1. The smallest absolute Gasteiger partial charge is 0.264 e. The Morgan fingerprint density at radius 2 is 1.73 bits per heavy atom. The summed E-state index contributed by atoms with van der Waals surface area (Å²) in [5.74, 6) is 0.395. The van der Waals surface area contributed by atoms with Crippen LogP contribution in [0.15, 0.2) is 94.8 Å². The van der Waals surface area contributed by atoms with Gasteiger partial charge in [0.25, 0.3) is 10.0 Å². The van der Waals surface area contributed by atoms with Gasteiger partial charge >= 0.3 is 0 Å². The van der Waals surface area contributed by atoms with Crippen molar-refractivity contribution >= 4 is 56.4 Å². The highest BCUT2D eigenvalue weighted by Crippen LogP contribution is 2.49. The van der Waals surface area contributed by atoms with Gasteiger partial charge in [-0.05, 0) is 60.4 Å². The number of amides is 1. The molecule has 0 fully saturated rings. The largest absolute Gasteiger partial charge is 0.368 e. The first kappa shape index (κ1) is 30.8. The lowest BCUT2D eigenvalue weighted by Crippen LogP contribution is -2.40. The van der Waals surface area contributed by atoms with Gasteiger partial charge in [-0.25, -0.2) is 8.42 Å². The minimum atomic E-state index is -4.25. The normalized spacial score (nSPS) is 15.5. The molecule has 0 radical (unpaired) electrons. The van der Waals surface area contributed by atoms with Gasteiger partial charge in [0, 0.05) is 29.8 Å². The molecule has 0 saturated carbocycles. The second-order valence-corrected chi connectivity index (χ2v) is 13.6. The van der Waals surface area contributed by atoms with Gasteiger partial charge in [0.2, 0.25) is 5.91 Å². The average molecular weight is 662 g/mol. The van der Waals surface area contributed by atoms with Crippen molar-refractivity contribution in [3.05, 3.63) is 117 Å². The molecule has 8 nitrogen and oxygen atoms in total. The summed E-state index contributed by atoms with van der Waals surface area (Å²) < 4.78 is 30.0. The molecule has 2 aliphatic rings. The number of carbonyl (C=O) groups is 2. The van der Waals surface area contributed by atoms with Gasteiger partial charge in [-0.1, -0.05) is 77.8 Å². The number of aliphatic imine (C=N–C) groups is 1. The second-order valence-electron chi connectivity index (χ2n) is 10.9. The highest BCUT2D eigenvalue weighted by molar-refractivity contribution is 7.92. The lowest BCUT2D eigenvalue weighted by atomic mass is 9.86. The summed E-state index contributed by atoms with van der Waals surface area (Å²) in [4.78, 5) is 30.3. The fourth-order valence-corrected chi connectivity index (χ4v) is 7.78. The Kier molecular flexibility index (Phi) is 8.68. The number of nitrogens with zero attached hydrogens (tertiary/aromatic N) is 2. The molecule has 4 aromatic rings. The quantitative estimate of drug-likeness (QED) is 0.208. The first-order valence-electron chi connectivity index (χ1n) is 14.5. The Labute approximate surface area is 272 Å². The van der Waals surface area contributed by atoms with Crippen LogP contribution in [-0.2, 0) is 21.2 Å². The molecule has 45 heavy (non-hydrogen) atoms. The minimum Gasteiger partial charge on any atom is -0.368 e. The zero-order valence-electron chi connectivity index (χ0n) is 24.4. The van der Waals surface area contributed by atoms with Crippen molar-refractivity contribution < 1.29 is 18.0 Å². The van der Waals surface area contributed by atoms with Crippen molar-refractivity contribution in [3.8, 4) is 11.1 Å². The van der Waals surface area contributed by atoms with Crippen LogP contribution in [0.1, 0.15) is 46.4 Å². The maximum Gasteiger partial charge on any atom is 0.264 e. The summed E-state index contributed by atoms with van der Waals surface area (Å²) >= 11 is 12.3. The molecule has 0 spiro atoms. The van der Waals surface area contributed by atoms with Crippen LogP contribution in [0.5, 0.6) is 0 Å². The predicted molar refractivity (Wildman–Crippen MR) is 178 cm³/mol. The van der Waals surface area contributed by atoms with Crippen molar-refractivity contribution in [2.24, 2.45) is 4.99 Å². The number of fused-ring (bicyclic) bond motifs is 3. The van der Waals surface area contributed by atoms with Crippen LogP contribution in [0.3, 0.4) is 0 Å². The standard InChI is InChI=1S/C34H30Cl2N4O4S/c1-21(41)24-10-12-26-27-4-2-3-5-31(27)40(45(43,44)25-11-13-29(35)30(36)19-25)32(28(26)18-24)20-33(42)37-15-14-22-6-8-23(9-7-22)34-38-16-17-39-34/h2-13,18-19,32H,14-17,20H2,1H3,(H,37,42)(H,38,39). The summed E-state index contributed by atoms with van der Waals surface area (Å²) in [5.41, 5.74) is 4.91. The number of Topliss-reactive ketones (excluding diaryl/α,β-unsaturated/α-hetero) is 1. The first-order chi connectivity index (χ1) is 21.6. The Morgan fingerprint density at radius 1 is 0.956 bits per heavy atom. The predicted octanol–water partition coefficient (Wildman–Crippen LogP) is 6.21. The number of para-hydroxylation sites is 1. The van der Waals surface area contributed by atoms with Crippen LogP contribution in [-0.4, -0.2) is 45.6 Å². The first-order valence-corrected chi connectivity index (χ1v) is 16.7. The number of benzene rings is 4. The fourth-order valence-electron chi connectivity index (χ4n) is 5.75. The highest BCUT2D eigenvalue weighted by Gasteiger charge is 2.40. The molecule has 0 bridgehead atoms. The number of amidine groups is 1. The second kappa shape index (κ2) is 12.7. The summed E-state index contributed by atoms with van der Waals surface area (Å²) in [7, 11) is -4.25. The number of ketones is 1. The van der Waals surface area contributed by atoms with Crippen LogP contribution >= 0.6 is 23.2 Å². The topological polar surface area (TPSA) is 108 Å². The summed E-state index contributed by atoms with van der Waals surface area (Å²) in [6.45, 7) is 3.42. The number of anilines is 1. The van der Waals surface area contributed by atoms with E-state index in [0.29, 0.717) is 35.3 Å². The number of hydrogen-bond donors (Lipinski definition) is 2. The van der Waals surface area contributed by atoms with E-state index in [0.717, 1.165) is 35.6 Å². The SMILES string of the molecule is CC(=O)c1ccc2c(c1)C(CC(=O)NCCc1ccc(C3=NCCN3)cc1)N(S(=O)(=O)c1ccc(Cl)c(Cl)c1)c1ccccc1-2. The minimum absolute atomic E-state index is 0.0644. The van der Waals surface area contributed by atoms with Crippen molar-refractivity contribution in [1.29, 1.82) is 0 Å². The van der Waals surface area contributed by atoms with Gasteiger partial charge in [-0.15, -0.1) is 0 Å². The van der Waals surface area contributed by atoms with E-state index in [1.807, 2.05) is 42.5 Å². The maximum absolute atomic E-state index is 14.4. The van der Waals surface area contributed by atoms with Crippen LogP contribution in [0.2, 0.25) is 10.0 Å². The van der Waals surface area contributed by atoms with E-state index < -0.39 is 16.1 Å². The third kappa shape index (κ3) is 6.20. The average Bonchev–Trinajstić information content (AvgIpc) is 3.57. The molecule has 2 aliphatic heterocycles. The van der Waals surface area contributed by atoms with Crippen molar-refractivity contribution in [2.45, 2.75) is 30.7 Å². The van der Waals surface area contributed by atoms with Gasteiger partial charge in [0.05, 0.1) is 39.6 Å². The van der Waals surface area contributed by atoms with Gasteiger partial charge in [0.1, 0.15) is 5.84 Å². The number of carbonyl (C=O) groups excluding carboxylic acids is 2.